The van der Waals surface area contributed by atoms with E-state index in [-0.39, 0.29) is 0 Å². The van der Waals surface area contributed by atoms with Gasteiger partial charge in [-0.25, -0.2) is 0 Å². The van der Waals surface area contributed by atoms with Crippen molar-refractivity contribution in [2.24, 2.45) is 11.3 Å². The first kappa shape index (κ1) is 15.3. The number of hydrogen-bond acceptors (Lipinski definition) is 3. The number of ether oxygens (including phenoxy) is 2. The molecule has 1 aliphatic heterocycles. The molecule has 3 nitrogen and oxygen atoms in total. The molecule has 0 bridgehead atoms. The van der Waals surface area contributed by atoms with Crippen molar-refractivity contribution >= 4 is 0 Å². The lowest BCUT2D eigenvalue weighted by molar-refractivity contribution is 0.0247. The molecule has 2 aliphatic rings. The SMILES string of the molecule is CCCCCC1(CNCCOC)CCOC1C1CC1. The third-order valence-electron chi connectivity index (χ3n) is 4.79. The van der Waals surface area contributed by atoms with Crippen LogP contribution in [-0.4, -0.2) is 39.5 Å². The van der Waals surface area contributed by atoms with Crippen LogP contribution >= 0.6 is 0 Å². The van der Waals surface area contributed by atoms with Gasteiger partial charge in [0.1, 0.15) is 0 Å². The van der Waals surface area contributed by atoms with Crippen molar-refractivity contribution in [3.8, 4) is 0 Å². The summed E-state index contributed by atoms with van der Waals surface area (Å²) in [4.78, 5) is 0. The molecule has 0 aromatic carbocycles. The molecular formula is C16H31NO2. The van der Waals surface area contributed by atoms with E-state index in [1.165, 1.54) is 44.9 Å². The molecule has 1 heterocycles. The van der Waals surface area contributed by atoms with Crippen molar-refractivity contribution in [1.82, 2.24) is 5.32 Å². The van der Waals surface area contributed by atoms with Crippen molar-refractivity contribution < 1.29 is 9.47 Å². The maximum Gasteiger partial charge on any atom is 0.0672 e. The van der Waals surface area contributed by atoms with Crippen LogP contribution in [0, 0.1) is 11.3 Å². The van der Waals surface area contributed by atoms with Crippen molar-refractivity contribution in [2.45, 2.75) is 58.0 Å². The van der Waals surface area contributed by atoms with Gasteiger partial charge in [-0.15, -0.1) is 0 Å². The van der Waals surface area contributed by atoms with Crippen LogP contribution in [-0.2, 0) is 9.47 Å². The molecule has 19 heavy (non-hydrogen) atoms. The van der Waals surface area contributed by atoms with E-state index in [2.05, 4.69) is 12.2 Å². The van der Waals surface area contributed by atoms with Gasteiger partial charge in [-0.2, -0.15) is 0 Å². The van der Waals surface area contributed by atoms with E-state index < -0.39 is 0 Å². The Balaban J connectivity index is 1.87. The van der Waals surface area contributed by atoms with Crippen molar-refractivity contribution in [2.75, 3.05) is 33.4 Å². The van der Waals surface area contributed by atoms with Crippen LogP contribution in [0.4, 0.5) is 0 Å². The summed E-state index contributed by atoms with van der Waals surface area (Å²) < 4.78 is 11.2. The van der Waals surface area contributed by atoms with E-state index >= 15 is 0 Å². The number of hydrogen-bond donors (Lipinski definition) is 1. The van der Waals surface area contributed by atoms with Gasteiger partial charge < -0.3 is 14.8 Å². The van der Waals surface area contributed by atoms with Crippen molar-refractivity contribution in [3.63, 3.8) is 0 Å². The number of rotatable bonds is 10. The molecule has 2 atom stereocenters. The second kappa shape index (κ2) is 7.61. The summed E-state index contributed by atoms with van der Waals surface area (Å²) in [5.74, 6) is 0.855. The molecule has 1 N–H and O–H groups in total. The molecule has 0 aromatic heterocycles. The van der Waals surface area contributed by atoms with Gasteiger partial charge in [-0.1, -0.05) is 26.2 Å². The lowest BCUT2D eigenvalue weighted by Crippen LogP contribution is -2.42. The lowest BCUT2D eigenvalue weighted by atomic mass is 9.74. The van der Waals surface area contributed by atoms with Crippen LogP contribution in [0.3, 0.4) is 0 Å². The molecular weight excluding hydrogens is 238 g/mol. The predicted molar refractivity (Wildman–Crippen MR) is 78.4 cm³/mol. The summed E-state index contributed by atoms with van der Waals surface area (Å²) >= 11 is 0. The maximum atomic E-state index is 6.11. The minimum atomic E-state index is 0.407. The van der Waals surface area contributed by atoms with E-state index in [0.29, 0.717) is 11.5 Å². The van der Waals surface area contributed by atoms with Crippen molar-refractivity contribution in [3.05, 3.63) is 0 Å². The molecule has 0 aromatic rings. The summed E-state index contributed by atoms with van der Waals surface area (Å²) in [5.41, 5.74) is 0.407. The van der Waals surface area contributed by atoms with Gasteiger partial charge in [-0.3, -0.25) is 0 Å². The number of methoxy groups -OCH3 is 1. The zero-order chi connectivity index (χ0) is 13.6. The largest absolute Gasteiger partial charge is 0.383 e. The topological polar surface area (TPSA) is 30.5 Å². The second-order valence-electron chi connectivity index (χ2n) is 6.37. The highest BCUT2D eigenvalue weighted by molar-refractivity contribution is 5.00. The molecule has 0 amide bonds. The standard InChI is InChI=1S/C16H31NO2/c1-3-4-5-8-16(13-17-10-12-18-2)9-11-19-15(16)14-6-7-14/h14-15,17H,3-13H2,1-2H3. The Hall–Kier alpha value is -0.120. The summed E-state index contributed by atoms with van der Waals surface area (Å²) in [6.45, 7) is 6.14. The van der Waals surface area contributed by atoms with Gasteiger partial charge in [-0.05, 0) is 31.6 Å². The van der Waals surface area contributed by atoms with Crippen LogP contribution in [0.25, 0.3) is 0 Å². The molecule has 1 aliphatic carbocycles. The minimum absolute atomic E-state index is 0.407. The Morgan fingerprint density at radius 1 is 1.32 bits per heavy atom. The Kier molecular flexibility index (Phi) is 6.11. The van der Waals surface area contributed by atoms with Crippen molar-refractivity contribution in [1.29, 1.82) is 0 Å². The average Bonchev–Trinajstić information content (AvgIpc) is 3.18. The van der Waals surface area contributed by atoms with Crippen LogP contribution in [0.5, 0.6) is 0 Å². The second-order valence-corrected chi connectivity index (χ2v) is 6.37. The number of nitrogens with one attached hydrogen (secondary N) is 1. The molecule has 3 heteroatoms. The van der Waals surface area contributed by atoms with E-state index in [1.54, 1.807) is 7.11 Å². The maximum absolute atomic E-state index is 6.11. The van der Waals surface area contributed by atoms with Gasteiger partial charge in [0.05, 0.1) is 12.7 Å². The fourth-order valence-corrected chi connectivity index (χ4v) is 3.53. The third-order valence-corrected chi connectivity index (χ3v) is 4.79. The molecule has 2 unspecified atom stereocenters. The molecule has 0 radical (unpaired) electrons. The smallest absolute Gasteiger partial charge is 0.0672 e. The molecule has 2 rings (SSSR count). The van der Waals surface area contributed by atoms with Crippen LogP contribution in [0.2, 0.25) is 0 Å². The summed E-state index contributed by atoms with van der Waals surface area (Å²) in [6.07, 6.45) is 9.91. The first-order valence-electron chi connectivity index (χ1n) is 8.13. The van der Waals surface area contributed by atoms with Gasteiger partial charge in [0.2, 0.25) is 0 Å². The monoisotopic (exact) mass is 269 g/mol. The molecule has 1 saturated carbocycles. The highest BCUT2D eigenvalue weighted by Crippen LogP contribution is 2.50. The highest BCUT2D eigenvalue weighted by atomic mass is 16.5. The fourth-order valence-electron chi connectivity index (χ4n) is 3.53. The zero-order valence-corrected chi connectivity index (χ0v) is 12.7. The van der Waals surface area contributed by atoms with Crippen LogP contribution in [0.15, 0.2) is 0 Å². The summed E-state index contributed by atoms with van der Waals surface area (Å²) in [6, 6.07) is 0. The Bertz CT molecular complexity index is 255. The first-order chi connectivity index (χ1) is 9.32. The lowest BCUT2D eigenvalue weighted by Gasteiger charge is -2.35. The van der Waals surface area contributed by atoms with Gasteiger partial charge >= 0.3 is 0 Å². The Labute approximate surface area is 118 Å². The number of unbranched alkanes of at least 4 members (excludes halogenated alkanes) is 2. The van der Waals surface area contributed by atoms with E-state index in [9.17, 15) is 0 Å². The molecule has 0 spiro atoms. The molecule has 112 valence electrons. The minimum Gasteiger partial charge on any atom is -0.383 e. The Morgan fingerprint density at radius 3 is 2.84 bits per heavy atom. The van der Waals surface area contributed by atoms with Gasteiger partial charge in [0.25, 0.3) is 0 Å². The molecule has 1 saturated heterocycles. The quantitative estimate of drug-likeness (QED) is 0.618. The average molecular weight is 269 g/mol. The van der Waals surface area contributed by atoms with Gasteiger partial charge in [0.15, 0.2) is 0 Å². The first-order valence-corrected chi connectivity index (χ1v) is 8.13. The van der Waals surface area contributed by atoms with Crippen LogP contribution < -0.4 is 5.32 Å². The predicted octanol–water partition coefficient (Wildman–Crippen LogP) is 2.99. The molecule has 2 fully saturated rings. The summed E-state index contributed by atoms with van der Waals surface area (Å²) in [5, 5.41) is 3.60. The van der Waals surface area contributed by atoms with E-state index in [4.69, 9.17) is 9.47 Å². The fraction of sp³-hybridized carbons (Fsp3) is 1.00. The van der Waals surface area contributed by atoms with E-state index in [1.807, 2.05) is 0 Å². The zero-order valence-electron chi connectivity index (χ0n) is 12.7. The normalized spacial score (nSPS) is 30.9. The summed E-state index contributed by atoms with van der Waals surface area (Å²) in [7, 11) is 1.77. The highest BCUT2D eigenvalue weighted by Gasteiger charge is 2.50. The van der Waals surface area contributed by atoms with E-state index in [0.717, 1.165) is 32.2 Å². The van der Waals surface area contributed by atoms with Gasteiger partial charge in [0, 0.05) is 32.2 Å². The Morgan fingerprint density at radius 2 is 2.16 bits per heavy atom. The van der Waals surface area contributed by atoms with Crippen LogP contribution in [0.1, 0.15) is 51.9 Å². The third kappa shape index (κ3) is 4.17.